The van der Waals surface area contributed by atoms with E-state index in [0.717, 1.165) is 31.6 Å². The van der Waals surface area contributed by atoms with E-state index in [1.54, 1.807) is 14.0 Å². The van der Waals surface area contributed by atoms with Gasteiger partial charge in [-0.15, -0.1) is 0 Å². The summed E-state index contributed by atoms with van der Waals surface area (Å²) in [5.41, 5.74) is 7.98. The SMILES string of the molecule is COC1CCN(c2cc(C)c(F)cc2N)CC1. The van der Waals surface area contributed by atoms with Crippen molar-refractivity contribution in [3.63, 3.8) is 0 Å². The number of hydrogen-bond donors (Lipinski definition) is 1. The molecule has 0 spiro atoms. The molecule has 1 heterocycles. The summed E-state index contributed by atoms with van der Waals surface area (Å²) in [6.07, 6.45) is 2.33. The standard InChI is InChI=1S/C13H19FN2O/c1-9-7-13(12(15)8-11(9)14)16-5-3-10(17-2)4-6-16/h7-8,10H,3-6,15H2,1-2H3. The van der Waals surface area contributed by atoms with Gasteiger partial charge in [0.05, 0.1) is 17.5 Å². The fourth-order valence-corrected chi connectivity index (χ4v) is 2.29. The highest BCUT2D eigenvalue weighted by Crippen LogP contribution is 2.29. The number of piperidine rings is 1. The van der Waals surface area contributed by atoms with Crippen LogP contribution in [0.1, 0.15) is 18.4 Å². The number of methoxy groups -OCH3 is 1. The normalized spacial score (nSPS) is 17.5. The van der Waals surface area contributed by atoms with E-state index in [1.807, 2.05) is 6.07 Å². The molecule has 3 nitrogen and oxygen atoms in total. The second-order valence-corrected chi connectivity index (χ2v) is 4.58. The summed E-state index contributed by atoms with van der Waals surface area (Å²) in [5.74, 6) is -0.238. The van der Waals surface area contributed by atoms with E-state index in [-0.39, 0.29) is 5.82 Å². The Morgan fingerprint density at radius 3 is 2.59 bits per heavy atom. The number of rotatable bonds is 2. The van der Waals surface area contributed by atoms with Crippen molar-refractivity contribution in [3.8, 4) is 0 Å². The second kappa shape index (κ2) is 4.92. The van der Waals surface area contributed by atoms with E-state index >= 15 is 0 Å². The number of nitrogen functional groups attached to an aromatic ring is 1. The Balaban J connectivity index is 2.16. The van der Waals surface area contributed by atoms with Crippen LogP contribution in [0.2, 0.25) is 0 Å². The van der Waals surface area contributed by atoms with Gasteiger partial charge in [-0.2, -0.15) is 0 Å². The van der Waals surface area contributed by atoms with Crippen molar-refractivity contribution in [2.45, 2.75) is 25.9 Å². The number of aryl methyl sites for hydroxylation is 1. The van der Waals surface area contributed by atoms with Crippen molar-refractivity contribution in [2.75, 3.05) is 30.8 Å². The largest absolute Gasteiger partial charge is 0.397 e. The lowest BCUT2D eigenvalue weighted by Crippen LogP contribution is -2.37. The summed E-state index contributed by atoms with van der Waals surface area (Å²) < 4.78 is 18.7. The average molecular weight is 238 g/mol. The van der Waals surface area contributed by atoms with Crippen LogP contribution < -0.4 is 10.6 Å². The van der Waals surface area contributed by atoms with Crippen LogP contribution in [0.4, 0.5) is 15.8 Å². The molecule has 0 saturated carbocycles. The topological polar surface area (TPSA) is 38.5 Å². The highest BCUT2D eigenvalue weighted by molar-refractivity contribution is 5.68. The van der Waals surface area contributed by atoms with Crippen LogP contribution >= 0.6 is 0 Å². The van der Waals surface area contributed by atoms with Gasteiger partial charge in [0.2, 0.25) is 0 Å². The summed E-state index contributed by atoms with van der Waals surface area (Å²) in [4.78, 5) is 2.21. The molecule has 94 valence electrons. The van der Waals surface area contributed by atoms with Crippen LogP contribution in [0.5, 0.6) is 0 Å². The predicted octanol–water partition coefficient (Wildman–Crippen LogP) is 2.33. The Morgan fingerprint density at radius 2 is 2.00 bits per heavy atom. The van der Waals surface area contributed by atoms with Gasteiger partial charge in [-0.05, 0) is 37.5 Å². The highest BCUT2D eigenvalue weighted by Gasteiger charge is 2.20. The zero-order valence-corrected chi connectivity index (χ0v) is 10.4. The van der Waals surface area contributed by atoms with Crippen LogP contribution in [-0.4, -0.2) is 26.3 Å². The molecule has 0 aliphatic carbocycles. The first-order valence-electron chi connectivity index (χ1n) is 5.95. The lowest BCUT2D eigenvalue weighted by Gasteiger charge is -2.33. The molecule has 0 radical (unpaired) electrons. The average Bonchev–Trinajstić information content (AvgIpc) is 2.34. The Kier molecular flexibility index (Phi) is 3.52. The van der Waals surface area contributed by atoms with Gasteiger partial charge in [0.1, 0.15) is 5.82 Å². The molecular weight excluding hydrogens is 219 g/mol. The number of halogens is 1. The van der Waals surface area contributed by atoms with Gasteiger partial charge in [-0.3, -0.25) is 0 Å². The van der Waals surface area contributed by atoms with Crippen molar-refractivity contribution in [1.82, 2.24) is 0 Å². The minimum Gasteiger partial charge on any atom is -0.397 e. The number of nitrogens with zero attached hydrogens (tertiary/aromatic N) is 1. The van der Waals surface area contributed by atoms with Crippen LogP contribution in [0, 0.1) is 12.7 Å². The molecule has 4 heteroatoms. The predicted molar refractivity (Wildman–Crippen MR) is 67.8 cm³/mol. The van der Waals surface area contributed by atoms with Gasteiger partial charge in [0.25, 0.3) is 0 Å². The Bertz CT molecular complexity index is 401. The van der Waals surface area contributed by atoms with Crippen LogP contribution in [0.25, 0.3) is 0 Å². The minimum absolute atomic E-state index is 0.238. The summed E-state index contributed by atoms with van der Waals surface area (Å²) in [7, 11) is 1.75. The fraction of sp³-hybridized carbons (Fsp3) is 0.538. The van der Waals surface area contributed by atoms with Crippen molar-refractivity contribution >= 4 is 11.4 Å². The van der Waals surface area contributed by atoms with Gasteiger partial charge in [-0.1, -0.05) is 0 Å². The summed E-state index contributed by atoms with van der Waals surface area (Å²) in [6.45, 7) is 3.59. The molecule has 0 bridgehead atoms. The molecule has 2 N–H and O–H groups in total. The maximum atomic E-state index is 13.3. The van der Waals surface area contributed by atoms with Crippen LogP contribution in [-0.2, 0) is 4.74 Å². The third-order valence-electron chi connectivity index (χ3n) is 3.42. The van der Waals surface area contributed by atoms with E-state index in [0.29, 0.717) is 17.4 Å². The quantitative estimate of drug-likeness (QED) is 0.804. The Labute approximate surface area is 101 Å². The molecule has 2 rings (SSSR count). The molecule has 0 atom stereocenters. The molecule has 1 aromatic rings. The van der Waals surface area contributed by atoms with Crippen molar-refractivity contribution in [1.29, 1.82) is 0 Å². The van der Waals surface area contributed by atoms with E-state index in [9.17, 15) is 4.39 Å². The first kappa shape index (κ1) is 12.2. The first-order valence-corrected chi connectivity index (χ1v) is 5.95. The number of hydrogen-bond acceptors (Lipinski definition) is 3. The molecule has 0 aromatic heterocycles. The van der Waals surface area contributed by atoms with Crippen LogP contribution in [0.3, 0.4) is 0 Å². The smallest absolute Gasteiger partial charge is 0.128 e. The zero-order valence-electron chi connectivity index (χ0n) is 10.4. The fourth-order valence-electron chi connectivity index (χ4n) is 2.29. The zero-order chi connectivity index (χ0) is 12.4. The third kappa shape index (κ3) is 2.52. The number of benzene rings is 1. The second-order valence-electron chi connectivity index (χ2n) is 4.58. The number of nitrogens with two attached hydrogens (primary N) is 1. The van der Waals surface area contributed by atoms with Gasteiger partial charge < -0.3 is 15.4 Å². The monoisotopic (exact) mass is 238 g/mol. The molecule has 1 aromatic carbocycles. The molecule has 0 unspecified atom stereocenters. The molecule has 1 aliphatic rings. The Morgan fingerprint density at radius 1 is 1.35 bits per heavy atom. The lowest BCUT2D eigenvalue weighted by atomic mass is 10.1. The summed E-state index contributed by atoms with van der Waals surface area (Å²) >= 11 is 0. The molecular formula is C13H19FN2O. The molecule has 1 saturated heterocycles. The number of anilines is 2. The van der Waals surface area contributed by atoms with Gasteiger partial charge in [-0.25, -0.2) is 4.39 Å². The first-order chi connectivity index (χ1) is 8.11. The van der Waals surface area contributed by atoms with Gasteiger partial charge >= 0.3 is 0 Å². The molecule has 1 fully saturated rings. The maximum Gasteiger partial charge on any atom is 0.128 e. The molecule has 0 amide bonds. The minimum atomic E-state index is -0.238. The van der Waals surface area contributed by atoms with Crippen molar-refractivity contribution in [2.24, 2.45) is 0 Å². The van der Waals surface area contributed by atoms with Gasteiger partial charge in [0, 0.05) is 20.2 Å². The highest BCUT2D eigenvalue weighted by atomic mass is 19.1. The molecule has 1 aliphatic heterocycles. The Hall–Kier alpha value is -1.29. The number of ether oxygens (including phenoxy) is 1. The summed E-state index contributed by atoms with van der Waals surface area (Å²) in [6, 6.07) is 3.24. The van der Waals surface area contributed by atoms with Crippen molar-refractivity contribution < 1.29 is 9.13 Å². The molecule has 17 heavy (non-hydrogen) atoms. The lowest BCUT2D eigenvalue weighted by molar-refractivity contribution is 0.0819. The maximum absolute atomic E-state index is 13.3. The van der Waals surface area contributed by atoms with E-state index in [1.165, 1.54) is 6.07 Å². The third-order valence-corrected chi connectivity index (χ3v) is 3.42. The van der Waals surface area contributed by atoms with Gasteiger partial charge in [0.15, 0.2) is 0 Å². The van der Waals surface area contributed by atoms with Crippen molar-refractivity contribution in [3.05, 3.63) is 23.5 Å². The van der Waals surface area contributed by atoms with Crippen LogP contribution in [0.15, 0.2) is 12.1 Å². The van der Waals surface area contributed by atoms with E-state index in [2.05, 4.69) is 4.90 Å². The van der Waals surface area contributed by atoms with E-state index in [4.69, 9.17) is 10.5 Å². The van der Waals surface area contributed by atoms with E-state index < -0.39 is 0 Å². The summed E-state index contributed by atoms with van der Waals surface area (Å²) in [5, 5.41) is 0.